The van der Waals surface area contributed by atoms with Crippen LogP contribution in [0.4, 0.5) is 17.3 Å². The van der Waals surface area contributed by atoms with Gasteiger partial charge in [-0.15, -0.1) is 0 Å². The molecule has 17 heavy (non-hydrogen) atoms. The normalized spacial score (nSPS) is 6.35. The second kappa shape index (κ2) is 25.1. The second-order valence-electron chi connectivity index (χ2n) is 1.24. The Bertz CT molecular complexity index is 72.5. The van der Waals surface area contributed by atoms with E-state index in [-0.39, 0.29) is 17.1 Å². The van der Waals surface area contributed by atoms with E-state index in [0.717, 1.165) is 0 Å². The third-order valence-corrected chi connectivity index (χ3v) is 0. The maximum absolute atomic E-state index is 10.1. The molecule has 1 radical (unpaired) electrons. The van der Waals surface area contributed by atoms with Crippen molar-refractivity contribution in [1.82, 2.24) is 0 Å². The van der Waals surface area contributed by atoms with Crippen LogP contribution in [-0.4, -0.2) is 69.8 Å². The molecule has 0 saturated carbocycles. The Morgan fingerprint density at radius 1 is 0.412 bits per heavy atom. The molecule has 0 amide bonds. The Labute approximate surface area is 105 Å². The molecule has 107 valence electrons. The molecule has 0 atom stereocenters. The molecule has 0 rings (SSSR count). The third kappa shape index (κ3) is 101000. The molecule has 0 aromatic rings. The van der Waals surface area contributed by atoms with Gasteiger partial charge >= 0.3 is 29.6 Å². The van der Waals surface area contributed by atoms with Crippen molar-refractivity contribution < 1.29 is 74.5 Å². The Balaban J connectivity index is -0.0000000369. The van der Waals surface area contributed by atoms with E-state index in [9.17, 15) is 17.3 Å². The third-order valence-electron chi connectivity index (χ3n) is 0. The molecule has 0 heterocycles. The van der Waals surface area contributed by atoms with Crippen LogP contribution in [0.15, 0.2) is 0 Å². The van der Waals surface area contributed by atoms with Gasteiger partial charge in [-0.05, 0) is 0 Å². The van der Waals surface area contributed by atoms with Gasteiger partial charge in [0.15, 0.2) is 0 Å². The van der Waals surface area contributed by atoms with E-state index in [1.165, 1.54) is 0 Å². The molecule has 0 fully saturated rings. The van der Waals surface area contributed by atoms with Gasteiger partial charge in [-0.2, -0.15) is 0 Å². The number of hydrogen-bond donors (Lipinski definition) is 8. The van der Waals surface area contributed by atoms with Crippen molar-refractivity contribution in [2.45, 2.75) is 0 Å². The molecule has 0 aliphatic rings. The average Bonchev–Trinajstić information content (AvgIpc) is 1.76. The fraction of sp³-hybridized carbons (Fsp3) is 0. The van der Waals surface area contributed by atoms with E-state index in [2.05, 4.69) is 0 Å². The number of rotatable bonds is 0. The van der Waals surface area contributed by atoms with Gasteiger partial charge in [0, 0.05) is 17.1 Å². The minimum atomic E-state index is -2.67. The van der Waals surface area contributed by atoms with Crippen LogP contribution < -0.4 is 0 Å². The van der Waals surface area contributed by atoms with Crippen molar-refractivity contribution in [3.8, 4) is 0 Å². The molecule has 0 aromatic carbocycles. The zero-order chi connectivity index (χ0) is 14.3. The van der Waals surface area contributed by atoms with Crippen molar-refractivity contribution in [1.29, 1.82) is 0 Å². The molecular weight excluding hydrogens is 311 g/mol. The van der Waals surface area contributed by atoms with Crippen LogP contribution in [0.25, 0.3) is 0 Å². The zero-order valence-corrected chi connectivity index (χ0v) is 8.64. The quantitative estimate of drug-likeness (QED) is 0.164. The Hall–Kier alpha value is 0.179. The van der Waals surface area contributed by atoms with Crippen molar-refractivity contribution in [3.63, 3.8) is 0 Å². The van der Waals surface area contributed by atoms with Gasteiger partial charge in [0.25, 0.3) is 0 Å². The van der Waals surface area contributed by atoms with Gasteiger partial charge in [-0.1, -0.05) is 0 Å². The van der Waals surface area contributed by atoms with E-state index in [0.29, 0.717) is 0 Å². The fourth-order valence-electron chi connectivity index (χ4n) is 0. The van der Waals surface area contributed by atoms with Crippen LogP contribution in [0.5, 0.6) is 0 Å². The van der Waals surface area contributed by atoms with Gasteiger partial charge in [-0.25, -0.2) is 0 Å². The van der Waals surface area contributed by atoms with E-state index in [4.69, 9.17) is 40.2 Å². The van der Waals surface area contributed by atoms with Crippen molar-refractivity contribution in [3.05, 3.63) is 0 Å². The summed E-state index contributed by atoms with van der Waals surface area (Å²) in [4.78, 5) is 0. The smallest absolute Gasteiger partial charge is 0.398 e. The van der Waals surface area contributed by atoms with Crippen LogP contribution in [0.1, 0.15) is 0 Å². The summed E-state index contributed by atoms with van der Waals surface area (Å²) < 4.78 is 40.4. The van der Waals surface area contributed by atoms with Crippen molar-refractivity contribution >= 4 is 29.6 Å². The molecule has 8 nitrogen and oxygen atoms in total. The molecule has 8 N–H and O–H groups in total. The summed E-state index contributed by atoms with van der Waals surface area (Å²) in [6.07, 6.45) is 0. The van der Waals surface area contributed by atoms with E-state index < -0.39 is 29.6 Å². The van der Waals surface area contributed by atoms with Gasteiger partial charge in [0.2, 0.25) is 0 Å². The van der Waals surface area contributed by atoms with E-state index in [1.807, 2.05) is 0 Å². The molecule has 0 spiro atoms. The summed E-state index contributed by atoms with van der Waals surface area (Å²) in [6, 6.07) is 0. The van der Waals surface area contributed by atoms with Crippen molar-refractivity contribution in [2.24, 2.45) is 0 Å². The number of halogens is 4. The molecule has 0 saturated heterocycles. The maximum Gasteiger partial charge on any atom is 0.674 e. The molecule has 0 aliphatic heterocycles. The first kappa shape index (κ1) is 30.3. The molecule has 0 aliphatic carbocycles. The minimum Gasteiger partial charge on any atom is -0.398 e. The van der Waals surface area contributed by atoms with Gasteiger partial charge < -0.3 is 40.2 Å². The van der Waals surface area contributed by atoms with Crippen LogP contribution in [0.2, 0.25) is 0 Å². The molecule has 0 unspecified atom stereocenters. The minimum absolute atomic E-state index is 0. The summed E-state index contributed by atoms with van der Waals surface area (Å²) in [5.74, 6) is 0. The molecular formula is H8B4CuF4O8. The summed E-state index contributed by atoms with van der Waals surface area (Å²) in [5.41, 5.74) is 0. The van der Waals surface area contributed by atoms with Crippen LogP contribution >= 0.6 is 0 Å². The first-order valence-corrected chi connectivity index (χ1v) is 2.94. The fourth-order valence-corrected chi connectivity index (χ4v) is 0. The van der Waals surface area contributed by atoms with Crippen LogP contribution in [0, 0.1) is 0 Å². The van der Waals surface area contributed by atoms with Gasteiger partial charge in [-0.3, -0.25) is 17.3 Å². The predicted molar refractivity (Wildman–Crippen MR) is 45.2 cm³/mol. The first-order chi connectivity index (χ1) is 6.93. The van der Waals surface area contributed by atoms with E-state index >= 15 is 0 Å². The average molecular weight is 319 g/mol. The van der Waals surface area contributed by atoms with Crippen LogP contribution in [0.3, 0.4) is 0 Å². The van der Waals surface area contributed by atoms with Crippen LogP contribution in [-0.2, 0) is 17.1 Å². The SMILES string of the molecule is OB(O)F.OB(O)F.OB(O)F.OB(O)F.[Cu]. The monoisotopic (exact) mass is 319 g/mol. The summed E-state index contributed by atoms with van der Waals surface area (Å²) in [5, 5.41) is 55.6. The van der Waals surface area contributed by atoms with Gasteiger partial charge in [0.1, 0.15) is 0 Å². The first-order valence-electron chi connectivity index (χ1n) is 2.94. The molecule has 17 heteroatoms. The largest absolute Gasteiger partial charge is 0.674 e. The zero-order valence-electron chi connectivity index (χ0n) is 7.70. The predicted octanol–water partition coefficient (Wildman–Crippen LogP) is -4.30. The number of hydrogen-bond acceptors (Lipinski definition) is 8. The Morgan fingerprint density at radius 3 is 0.412 bits per heavy atom. The Kier molecular flexibility index (Phi) is 44.8. The van der Waals surface area contributed by atoms with Gasteiger partial charge in [0.05, 0.1) is 0 Å². The summed E-state index contributed by atoms with van der Waals surface area (Å²) >= 11 is 0. The topological polar surface area (TPSA) is 162 Å². The molecule has 0 aromatic heterocycles. The van der Waals surface area contributed by atoms with Crippen molar-refractivity contribution in [2.75, 3.05) is 0 Å². The molecule has 0 bridgehead atoms. The standard InChI is InChI=1S/4BFH2O2.Cu/c4*2-1(3)4;/h4*3-4H;. The summed E-state index contributed by atoms with van der Waals surface area (Å²) in [6.45, 7) is 0. The summed E-state index contributed by atoms with van der Waals surface area (Å²) in [7, 11) is -10.7. The second-order valence-corrected chi connectivity index (χ2v) is 1.24. The Morgan fingerprint density at radius 2 is 0.412 bits per heavy atom. The maximum atomic E-state index is 10.1. The van der Waals surface area contributed by atoms with E-state index in [1.54, 1.807) is 0 Å².